The second-order valence-electron chi connectivity index (χ2n) is 7.57. The highest BCUT2D eigenvalue weighted by molar-refractivity contribution is 5.72. The molecular weight excluding hydrogens is 374 g/mol. The zero-order valence-electron chi connectivity index (χ0n) is 17.8. The summed E-state index contributed by atoms with van der Waals surface area (Å²) in [6.07, 6.45) is 1.93. The van der Waals surface area contributed by atoms with Crippen LogP contribution in [0.15, 0.2) is 12.1 Å². The number of piperidine rings is 1. The maximum absolute atomic E-state index is 12.2. The third-order valence-corrected chi connectivity index (χ3v) is 5.76. The number of hydrazine groups is 1. The first-order chi connectivity index (χ1) is 14.1. The summed E-state index contributed by atoms with van der Waals surface area (Å²) >= 11 is 0. The Kier molecular flexibility index (Phi) is 7.57. The molecule has 1 aromatic rings. The van der Waals surface area contributed by atoms with E-state index in [4.69, 9.17) is 18.9 Å². The summed E-state index contributed by atoms with van der Waals surface area (Å²) in [5.74, 6) is 2.14. The highest BCUT2D eigenvalue weighted by Crippen LogP contribution is 2.41. The molecule has 0 bridgehead atoms. The summed E-state index contributed by atoms with van der Waals surface area (Å²) in [5, 5.41) is 0. The third-order valence-electron chi connectivity index (χ3n) is 5.76. The first kappa shape index (κ1) is 21.7. The minimum Gasteiger partial charge on any atom is -0.493 e. The predicted molar refractivity (Wildman–Crippen MR) is 109 cm³/mol. The fraction of sp³-hybridized carbons (Fsp3) is 0.667. The van der Waals surface area contributed by atoms with Gasteiger partial charge in [0.05, 0.1) is 39.9 Å². The van der Waals surface area contributed by atoms with Gasteiger partial charge < -0.3 is 23.8 Å². The Bertz CT molecular complexity index is 674. The summed E-state index contributed by atoms with van der Waals surface area (Å²) in [4.78, 5) is 14.5. The Morgan fingerprint density at radius 3 is 2.52 bits per heavy atom. The van der Waals surface area contributed by atoms with E-state index in [1.807, 2.05) is 19.1 Å². The van der Waals surface area contributed by atoms with Gasteiger partial charge in [0, 0.05) is 25.6 Å². The van der Waals surface area contributed by atoms with Gasteiger partial charge in [-0.15, -0.1) is 0 Å². The van der Waals surface area contributed by atoms with Crippen molar-refractivity contribution < 1.29 is 23.7 Å². The highest BCUT2D eigenvalue weighted by atomic mass is 16.5. The number of ether oxygens (including phenoxy) is 4. The van der Waals surface area contributed by atoms with Gasteiger partial charge in [-0.2, -0.15) is 0 Å². The lowest BCUT2D eigenvalue weighted by molar-refractivity contribution is -0.150. The van der Waals surface area contributed by atoms with E-state index in [-0.39, 0.29) is 17.9 Å². The molecule has 0 aliphatic carbocycles. The number of carbonyl (C=O) groups excluding carboxylic acids is 1. The summed E-state index contributed by atoms with van der Waals surface area (Å²) in [7, 11) is 4.86. The summed E-state index contributed by atoms with van der Waals surface area (Å²) in [6.45, 7) is 5.82. The van der Waals surface area contributed by atoms with Crippen LogP contribution >= 0.6 is 0 Å². The van der Waals surface area contributed by atoms with Gasteiger partial charge in [-0.1, -0.05) is 0 Å². The van der Waals surface area contributed by atoms with Gasteiger partial charge in [-0.05, 0) is 44.0 Å². The molecule has 2 aliphatic rings. The van der Waals surface area contributed by atoms with E-state index in [9.17, 15) is 4.79 Å². The van der Waals surface area contributed by atoms with Crippen molar-refractivity contribution in [3.63, 3.8) is 0 Å². The molecule has 0 radical (unpaired) electrons. The summed E-state index contributed by atoms with van der Waals surface area (Å²) in [5.41, 5.74) is 7.75. The molecule has 3 atom stereocenters. The fourth-order valence-electron chi connectivity index (χ4n) is 4.35. The monoisotopic (exact) mass is 407 g/mol. The number of carbonyl (C=O) groups is 1. The molecule has 2 N–H and O–H groups in total. The molecule has 2 heterocycles. The molecule has 0 amide bonds. The van der Waals surface area contributed by atoms with Gasteiger partial charge in [0.1, 0.15) is 0 Å². The van der Waals surface area contributed by atoms with Gasteiger partial charge in [0.25, 0.3) is 0 Å². The van der Waals surface area contributed by atoms with Crippen molar-refractivity contribution in [2.45, 2.75) is 25.8 Å². The van der Waals surface area contributed by atoms with E-state index in [1.165, 1.54) is 0 Å². The largest absolute Gasteiger partial charge is 0.493 e. The van der Waals surface area contributed by atoms with Crippen molar-refractivity contribution >= 4 is 5.97 Å². The highest BCUT2D eigenvalue weighted by Gasteiger charge is 2.34. The standard InChI is InChI=1S/C21H33N3O5/c1-5-29-21(25)14-7-6-8-24(12-14)13-16-11-22-23-19(16)15-9-17(26-2)20(28-4)18(10-15)27-3/h9-10,14,16,19,22-23H,5-8,11-13H2,1-4H3. The van der Waals surface area contributed by atoms with E-state index < -0.39 is 0 Å². The molecule has 3 unspecified atom stereocenters. The van der Waals surface area contributed by atoms with Crippen LogP contribution in [-0.4, -0.2) is 65.0 Å². The zero-order chi connectivity index (χ0) is 20.8. The molecule has 2 saturated heterocycles. The molecule has 162 valence electrons. The summed E-state index contributed by atoms with van der Waals surface area (Å²) < 4.78 is 21.7. The van der Waals surface area contributed by atoms with Crippen LogP contribution in [0.1, 0.15) is 31.4 Å². The van der Waals surface area contributed by atoms with Gasteiger partial charge in [0.15, 0.2) is 11.5 Å². The van der Waals surface area contributed by atoms with Crippen molar-refractivity contribution in [2.24, 2.45) is 11.8 Å². The molecule has 29 heavy (non-hydrogen) atoms. The number of hydrogen-bond donors (Lipinski definition) is 2. The lowest BCUT2D eigenvalue weighted by Gasteiger charge is -2.34. The maximum atomic E-state index is 12.2. The second kappa shape index (κ2) is 10.1. The predicted octanol–water partition coefficient (Wildman–Crippen LogP) is 1.75. The van der Waals surface area contributed by atoms with Crippen molar-refractivity contribution in [3.8, 4) is 17.2 Å². The Morgan fingerprint density at radius 2 is 1.90 bits per heavy atom. The number of esters is 1. The normalized spacial score (nSPS) is 24.9. The van der Waals surface area contributed by atoms with E-state index >= 15 is 0 Å². The van der Waals surface area contributed by atoms with Crippen molar-refractivity contribution in [3.05, 3.63) is 17.7 Å². The number of likely N-dealkylation sites (tertiary alicyclic amines) is 1. The number of hydrogen-bond acceptors (Lipinski definition) is 8. The number of benzene rings is 1. The molecule has 8 heteroatoms. The SMILES string of the molecule is CCOC(=O)C1CCCN(CC2CNNC2c2cc(OC)c(OC)c(OC)c2)C1. The first-order valence-corrected chi connectivity index (χ1v) is 10.3. The molecule has 3 rings (SSSR count). The second-order valence-corrected chi connectivity index (χ2v) is 7.57. The molecule has 2 aliphatic heterocycles. The Balaban J connectivity index is 1.72. The van der Waals surface area contributed by atoms with Gasteiger partial charge in [-0.25, -0.2) is 5.43 Å². The number of rotatable bonds is 8. The quantitative estimate of drug-likeness (QED) is 0.631. The van der Waals surface area contributed by atoms with Crippen LogP contribution in [0, 0.1) is 11.8 Å². The number of nitrogens with zero attached hydrogens (tertiary/aromatic N) is 1. The van der Waals surface area contributed by atoms with Crippen LogP contribution in [0.4, 0.5) is 0 Å². The fourth-order valence-corrected chi connectivity index (χ4v) is 4.35. The summed E-state index contributed by atoms with van der Waals surface area (Å²) in [6, 6.07) is 4.10. The molecule has 8 nitrogen and oxygen atoms in total. The van der Waals surface area contributed by atoms with Crippen molar-refractivity contribution in [1.82, 2.24) is 15.8 Å². The van der Waals surface area contributed by atoms with Crippen molar-refractivity contribution in [1.29, 1.82) is 0 Å². The van der Waals surface area contributed by atoms with E-state index in [1.54, 1.807) is 21.3 Å². The van der Waals surface area contributed by atoms with E-state index in [0.717, 1.165) is 44.6 Å². The average molecular weight is 408 g/mol. The molecule has 0 aromatic heterocycles. The lowest BCUT2D eigenvalue weighted by atomic mass is 9.91. The molecule has 0 spiro atoms. The number of methoxy groups -OCH3 is 3. The Morgan fingerprint density at radius 1 is 1.17 bits per heavy atom. The van der Waals surface area contributed by atoms with Crippen molar-refractivity contribution in [2.75, 3.05) is 54.1 Å². The van der Waals surface area contributed by atoms with E-state index in [2.05, 4.69) is 15.8 Å². The van der Waals surface area contributed by atoms with Gasteiger partial charge in [-0.3, -0.25) is 10.2 Å². The van der Waals surface area contributed by atoms with Crippen LogP contribution in [-0.2, 0) is 9.53 Å². The van der Waals surface area contributed by atoms with Crippen LogP contribution in [0.5, 0.6) is 17.2 Å². The Hall–Kier alpha value is -2.03. The topological polar surface area (TPSA) is 81.3 Å². The van der Waals surface area contributed by atoms with Gasteiger partial charge >= 0.3 is 5.97 Å². The van der Waals surface area contributed by atoms with Gasteiger partial charge in [0.2, 0.25) is 5.75 Å². The van der Waals surface area contributed by atoms with Crippen LogP contribution < -0.4 is 25.1 Å². The minimum absolute atomic E-state index is 0.0226. The maximum Gasteiger partial charge on any atom is 0.310 e. The van der Waals surface area contributed by atoms with Crippen LogP contribution in [0.3, 0.4) is 0 Å². The first-order valence-electron chi connectivity index (χ1n) is 10.3. The molecular formula is C21H33N3O5. The molecule has 0 saturated carbocycles. The molecule has 2 fully saturated rings. The number of nitrogens with one attached hydrogen (secondary N) is 2. The smallest absolute Gasteiger partial charge is 0.310 e. The third kappa shape index (κ3) is 4.94. The average Bonchev–Trinajstić information content (AvgIpc) is 3.21. The zero-order valence-corrected chi connectivity index (χ0v) is 17.8. The van der Waals surface area contributed by atoms with Crippen LogP contribution in [0.2, 0.25) is 0 Å². The molecule has 1 aromatic carbocycles. The van der Waals surface area contributed by atoms with Crippen LogP contribution in [0.25, 0.3) is 0 Å². The van der Waals surface area contributed by atoms with E-state index in [0.29, 0.717) is 29.8 Å². The lowest BCUT2D eigenvalue weighted by Crippen LogP contribution is -2.42. The Labute approximate surface area is 172 Å². The minimum atomic E-state index is -0.0685.